The summed E-state index contributed by atoms with van der Waals surface area (Å²) in [7, 11) is 0. The quantitative estimate of drug-likeness (QED) is 0.164. The summed E-state index contributed by atoms with van der Waals surface area (Å²) < 4.78 is 34.1. The van der Waals surface area contributed by atoms with Crippen molar-refractivity contribution >= 4 is 79.2 Å². The van der Waals surface area contributed by atoms with Crippen molar-refractivity contribution < 1.29 is 8.53 Å². The Kier molecular flexibility index (Phi) is 8.65. The van der Waals surface area contributed by atoms with Crippen LogP contribution in [0.4, 0.5) is 34.1 Å². The van der Waals surface area contributed by atoms with Crippen LogP contribution in [0.3, 0.4) is 0 Å². The zero-order valence-electron chi connectivity index (χ0n) is 45.0. The van der Waals surface area contributed by atoms with Crippen molar-refractivity contribution in [1.29, 1.82) is 0 Å². The Labute approximate surface area is 414 Å². The molecular formula is C65H63BN2O. The van der Waals surface area contributed by atoms with Crippen LogP contribution in [0, 0.1) is 13.8 Å². The third kappa shape index (κ3) is 6.69. The minimum Gasteiger partial charge on any atom is -0.456 e. The molecule has 8 aromatic carbocycles. The summed E-state index contributed by atoms with van der Waals surface area (Å²) in [5.41, 5.74) is 21.9. The highest BCUT2D eigenvalue weighted by Gasteiger charge is 2.48. The van der Waals surface area contributed by atoms with Gasteiger partial charge in [0.25, 0.3) is 6.71 Å². The standard InChI is InChI=1S/C65H63BN2O/c1-39-31-56-61-57(32-39)68(53-30-27-44(63(6,7)8)35-47(53)41-19-14-13-15-20-41)55-37-49-48(64(9,10)38-65(49,11)12)36-51(55)66(61)50-34-42(45-22-18-24-59-60(45)46-21-16-17-23-58(46)69-59)25-28-54(50)67(56)52-29-26-43(33-40(52)2)62(3,4)5/h13-37H,38H2,1-12H3/i1D3. The maximum absolute atomic E-state index is 9.19. The van der Waals surface area contributed by atoms with Crippen LogP contribution in [0.15, 0.2) is 156 Å². The van der Waals surface area contributed by atoms with Crippen LogP contribution in [0.2, 0.25) is 0 Å². The van der Waals surface area contributed by atoms with E-state index in [1.54, 1.807) is 0 Å². The van der Waals surface area contributed by atoms with Gasteiger partial charge in [0, 0.05) is 48.9 Å². The van der Waals surface area contributed by atoms with E-state index in [1.807, 2.05) is 18.2 Å². The number of aryl methyl sites for hydroxylation is 2. The Morgan fingerprint density at radius 2 is 1.13 bits per heavy atom. The van der Waals surface area contributed by atoms with Gasteiger partial charge >= 0.3 is 0 Å². The number of hydrogen-bond donors (Lipinski definition) is 0. The lowest BCUT2D eigenvalue weighted by atomic mass is 9.33. The molecule has 0 atom stereocenters. The molecule has 69 heavy (non-hydrogen) atoms. The van der Waals surface area contributed by atoms with Crippen LogP contribution in [0.25, 0.3) is 44.2 Å². The van der Waals surface area contributed by atoms with Gasteiger partial charge in [-0.05, 0) is 163 Å². The van der Waals surface area contributed by atoms with E-state index < -0.39 is 6.85 Å². The molecule has 0 radical (unpaired) electrons. The fourth-order valence-electron chi connectivity index (χ4n) is 12.6. The molecule has 2 aliphatic heterocycles. The summed E-state index contributed by atoms with van der Waals surface area (Å²) in [6, 6.07) is 55.2. The molecule has 0 N–H and O–H groups in total. The summed E-state index contributed by atoms with van der Waals surface area (Å²) in [4.78, 5) is 4.82. The number of para-hydroxylation sites is 1. The lowest BCUT2D eigenvalue weighted by molar-refractivity contribution is 0.403. The van der Waals surface area contributed by atoms with E-state index in [1.165, 1.54) is 33.2 Å². The van der Waals surface area contributed by atoms with Gasteiger partial charge in [-0.3, -0.25) is 0 Å². The average Bonchev–Trinajstić information content (AvgIpc) is 3.79. The maximum atomic E-state index is 9.19. The third-order valence-corrected chi connectivity index (χ3v) is 15.8. The summed E-state index contributed by atoms with van der Waals surface area (Å²) in [6.07, 6.45) is 1.01. The van der Waals surface area contributed by atoms with Gasteiger partial charge in [0.15, 0.2) is 0 Å². The Bertz CT molecular complexity index is 3720. The number of hydrogen-bond acceptors (Lipinski definition) is 3. The molecule has 3 nitrogen and oxygen atoms in total. The molecule has 0 fully saturated rings. The molecule has 0 saturated heterocycles. The van der Waals surface area contributed by atoms with Crippen molar-refractivity contribution in [3.05, 3.63) is 185 Å². The van der Waals surface area contributed by atoms with Gasteiger partial charge in [-0.25, -0.2) is 0 Å². The van der Waals surface area contributed by atoms with E-state index in [0.29, 0.717) is 5.56 Å². The second kappa shape index (κ2) is 14.9. The Balaban J connectivity index is 1.23. The molecule has 0 spiro atoms. The van der Waals surface area contributed by atoms with Crippen molar-refractivity contribution in [3.63, 3.8) is 0 Å². The summed E-state index contributed by atoms with van der Waals surface area (Å²) >= 11 is 0. The van der Waals surface area contributed by atoms with E-state index in [0.717, 1.165) is 95.8 Å². The van der Waals surface area contributed by atoms with Gasteiger partial charge < -0.3 is 14.2 Å². The number of nitrogens with zero attached hydrogens (tertiary/aromatic N) is 2. The highest BCUT2D eigenvalue weighted by Crippen LogP contribution is 2.54. The molecule has 3 heterocycles. The molecule has 3 aliphatic rings. The predicted molar refractivity (Wildman–Crippen MR) is 296 cm³/mol. The molecule has 1 aromatic heterocycles. The average molecular weight is 902 g/mol. The first-order valence-corrected chi connectivity index (χ1v) is 24.8. The van der Waals surface area contributed by atoms with Crippen LogP contribution in [-0.4, -0.2) is 6.71 Å². The lowest BCUT2D eigenvalue weighted by Crippen LogP contribution is -2.61. The van der Waals surface area contributed by atoms with E-state index in [2.05, 4.69) is 219 Å². The molecule has 0 amide bonds. The second-order valence-electron chi connectivity index (χ2n) is 23.6. The van der Waals surface area contributed by atoms with E-state index in [4.69, 9.17) is 4.42 Å². The van der Waals surface area contributed by atoms with Gasteiger partial charge in [-0.15, -0.1) is 0 Å². The summed E-state index contributed by atoms with van der Waals surface area (Å²) in [5.74, 6) is 0. The molecule has 12 rings (SSSR count). The largest absolute Gasteiger partial charge is 0.456 e. The smallest absolute Gasteiger partial charge is 0.252 e. The Hall–Kier alpha value is -6.78. The highest BCUT2D eigenvalue weighted by molar-refractivity contribution is 7.00. The molecule has 9 aromatic rings. The fourth-order valence-corrected chi connectivity index (χ4v) is 12.6. The molecule has 0 unspecified atom stereocenters. The van der Waals surface area contributed by atoms with Crippen LogP contribution in [0.5, 0.6) is 0 Å². The number of benzene rings is 8. The second-order valence-corrected chi connectivity index (χ2v) is 23.6. The monoisotopic (exact) mass is 902 g/mol. The zero-order chi connectivity index (χ0) is 50.6. The fraction of sp³-hybridized carbons (Fsp3) is 0.262. The number of fused-ring (bicyclic) bond motifs is 8. The Morgan fingerprint density at radius 3 is 1.83 bits per heavy atom. The summed E-state index contributed by atoms with van der Waals surface area (Å²) in [5, 5.41) is 2.19. The topological polar surface area (TPSA) is 19.6 Å². The molecule has 0 bridgehead atoms. The van der Waals surface area contributed by atoms with Crippen LogP contribution < -0.4 is 26.2 Å². The van der Waals surface area contributed by atoms with Crippen molar-refractivity contribution in [3.8, 4) is 22.3 Å². The summed E-state index contributed by atoms with van der Waals surface area (Å²) in [6.45, 7) is 22.7. The molecule has 4 heteroatoms. The van der Waals surface area contributed by atoms with E-state index in [9.17, 15) is 4.11 Å². The third-order valence-electron chi connectivity index (χ3n) is 15.8. The lowest BCUT2D eigenvalue weighted by Gasteiger charge is -2.45. The number of rotatable bonds is 4. The van der Waals surface area contributed by atoms with Crippen molar-refractivity contribution in [2.45, 2.75) is 111 Å². The minimum atomic E-state index is -2.40. The first kappa shape index (κ1) is 40.1. The first-order chi connectivity index (χ1) is 34.0. The first-order valence-electron chi connectivity index (χ1n) is 26.3. The minimum absolute atomic E-state index is 0.0620. The van der Waals surface area contributed by atoms with E-state index >= 15 is 0 Å². The van der Waals surface area contributed by atoms with Gasteiger partial charge in [0.05, 0.1) is 5.69 Å². The normalized spacial score (nSPS) is 16.4. The molecule has 0 saturated carbocycles. The maximum Gasteiger partial charge on any atom is 0.252 e. The van der Waals surface area contributed by atoms with Crippen molar-refractivity contribution in [2.75, 3.05) is 9.80 Å². The number of anilines is 6. The van der Waals surface area contributed by atoms with Gasteiger partial charge in [-0.1, -0.05) is 166 Å². The van der Waals surface area contributed by atoms with Gasteiger partial charge in [-0.2, -0.15) is 0 Å². The van der Waals surface area contributed by atoms with Crippen molar-refractivity contribution in [1.82, 2.24) is 0 Å². The Morgan fingerprint density at radius 1 is 0.522 bits per heavy atom. The van der Waals surface area contributed by atoms with Crippen LogP contribution in [0.1, 0.15) is 113 Å². The van der Waals surface area contributed by atoms with Crippen molar-refractivity contribution in [2.24, 2.45) is 0 Å². The SMILES string of the molecule is [2H]C([2H])([2H])c1cc2c3c(c1)N(c1ccc(C(C)(C)C)cc1-c1ccccc1)c1cc4c(cc1B3c1cc(-c3cccc5oc6ccccc6c35)ccc1N2c1ccc(C(C)(C)C)cc1C)C(C)(C)CC4(C)C. The molecule has 1 aliphatic carbocycles. The highest BCUT2D eigenvalue weighted by atomic mass is 16.3. The van der Waals surface area contributed by atoms with Crippen LogP contribution >= 0.6 is 0 Å². The van der Waals surface area contributed by atoms with Gasteiger partial charge in [0.2, 0.25) is 0 Å². The molecule has 342 valence electrons. The molecular weight excluding hydrogens is 836 g/mol. The zero-order valence-corrected chi connectivity index (χ0v) is 42.0. The number of furan rings is 1. The van der Waals surface area contributed by atoms with Gasteiger partial charge in [0.1, 0.15) is 11.2 Å². The van der Waals surface area contributed by atoms with Crippen LogP contribution in [-0.2, 0) is 21.7 Å². The van der Waals surface area contributed by atoms with E-state index in [-0.39, 0.29) is 28.4 Å². The predicted octanol–water partition coefficient (Wildman–Crippen LogP) is 16.2.